The number of ether oxygens (including phenoxy) is 1. The van der Waals surface area contributed by atoms with Crippen LogP contribution in [0.15, 0.2) is 60.8 Å². The van der Waals surface area contributed by atoms with Crippen molar-refractivity contribution in [1.29, 1.82) is 0 Å². The number of alkyl halides is 2. The fourth-order valence-electron chi connectivity index (χ4n) is 2.32. The number of hydrogen-bond donors (Lipinski definition) is 1. The second-order valence-corrected chi connectivity index (χ2v) is 5.27. The molecule has 0 spiro atoms. The van der Waals surface area contributed by atoms with E-state index in [0.29, 0.717) is 23.1 Å². The number of halogens is 2. The number of anilines is 2. The maximum Gasteiger partial charge on any atom is 0.299 e. The van der Waals surface area contributed by atoms with Gasteiger partial charge in [-0.05, 0) is 30.3 Å². The van der Waals surface area contributed by atoms with E-state index in [1.54, 1.807) is 54.7 Å². The number of rotatable bonds is 5. The topological polar surface area (TPSA) is 77.2 Å². The third-order valence-electron chi connectivity index (χ3n) is 3.45. The van der Waals surface area contributed by atoms with Crippen molar-refractivity contribution >= 4 is 17.2 Å². The molecule has 7 nitrogen and oxygen atoms in total. The number of pyridine rings is 1. The van der Waals surface area contributed by atoms with Crippen LogP contribution in [0.5, 0.6) is 11.6 Å². The molecule has 3 heterocycles. The van der Waals surface area contributed by atoms with Crippen molar-refractivity contribution in [1.82, 2.24) is 24.8 Å². The minimum Gasteiger partial charge on any atom is -0.439 e. The maximum atomic E-state index is 12.9. The molecular formula is C17H12F2N6O. The van der Waals surface area contributed by atoms with Crippen LogP contribution in [-0.2, 0) is 0 Å². The molecule has 0 atom stereocenters. The van der Waals surface area contributed by atoms with E-state index in [9.17, 15) is 8.78 Å². The van der Waals surface area contributed by atoms with E-state index in [1.807, 2.05) is 6.07 Å². The van der Waals surface area contributed by atoms with E-state index in [-0.39, 0.29) is 5.65 Å². The van der Waals surface area contributed by atoms with Gasteiger partial charge in [0.2, 0.25) is 11.7 Å². The largest absolute Gasteiger partial charge is 0.439 e. The lowest BCUT2D eigenvalue weighted by Gasteiger charge is -2.09. The molecule has 1 N–H and O–H groups in total. The fraction of sp³-hybridized carbons (Fsp3) is 0.0588. The summed E-state index contributed by atoms with van der Waals surface area (Å²) >= 11 is 0. The molecule has 0 bridgehead atoms. The zero-order valence-corrected chi connectivity index (χ0v) is 13.3. The smallest absolute Gasteiger partial charge is 0.299 e. The molecule has 3 aromatic heterocycles. The summed E-state index contributed by atoms with van der Waals surface area (Å²) < 4.78 is 32.6. The predicted octanol–water partition coefficient (Wildman–Crippen LogP) is 3.99. The Morgan fingerprint density at radius 1 is 1.00 bits per heavy atom. The van der Waals surface area contributed by atoms with Crippen molar-refractivity contribution < 1.29 is 13.5 Å². The Bertz CT molecular complexity index is 1040. The van der Waals surface area contributed by atoms with E-state index in [0.717, 1.165) is 4.52 Å². The summed E-state index contributed by atoms with van der Waals surface area (Å²) in [6.07, 6.45) is -1.13. The number of hydrogen-bond acceptors (Lipinski definition) is 6. The second-order valence-electron chi connectivity index (χ2n) is 5.27. The van der Waals surface area contributed by atoms with E-state index in [1.165, 1.54) is 0 Å². The van der Waals surface area contributed by atoms with Gasteiger partial charge in [0.05, 0.1) is 0 Å². The average molecular weight is 354 g/mol. The molecule has 0 saturated carbocycles. The van der Waals surface area contributed by atoms with Gasteiger partial charge in [0.1, 0.15) is 5.75 Å². The van der Waals surface area contributed by atoms with Gasteiger partial charge >= 0.3 is 0 Å². The van der Waals surface area contributed by atoms with Gasteiger partial charge in [-0.25, -0.2) is 13.8 Å². The van der Waals surface area contributed by atoms with Crippen LogP contribution < -0.4 is 10.1 Å². The van der Waals surface area contributed by atoms with Gasteiger partial charge in [-0.1, -0.05) is 12.1 Å². The predicted molar refractivity (Wildman–Crippen MR) is 89.8 cm³/mol. The number of nitrogens with zero attached hydrogens (tertiary/aromatic N) is 5. The Hall–Kier alpha value is -3.62. The summed E-state index contributed by atoms with van der Waals surface area (Å²) in [4.78, 5) is 4.10. The summed E-state index contributed by atoms with van der Waals surface area (Å²) in [7, 11) is 0. The third kappa shape index (κ3) is 3.27. The van der Waals surface area contributed by atoms with Gasteiger partial charge in [-0.2, -0.15) is 4.52 Å². The number of benzene rings is 1. The molecule has 0 aliphatic carbocycles. The summed E-state index contributed by atoms with van der Waals surface area (Å²) in [5.74, 6) is 0.910. The Labute approximate surface area is 146 Å². The highest BCUT2D eigenvalue weighted by atomic mass is 19.3. The quantitative estimate of drug-likeness (QED) is 0.584. The summed E-state index contributed by atoms with van der Waals surface area (Å²) in [6.45, 7) is 0. The van der Waals surface area contributed by atoms with Gasteiger partial charge in [0.15, 0.2) is 11.5 Å². The maximum absolute atomic E-state index is 12.9. The average Bonchev–Trinajstić information content (AvgIpc) is 3.06. The van der Waals surface area contributed by atoms with Crippen LogP contribution in [0, 0.1) is 0 Å². The van der Waals surface area contributed by atoms with Crippen molar-refractivity contribution in [2.45, 2.75) is 6.43 Å². The first-order valence-electron chi connectivity index (χ1n) is 7.65. The first-order valence-corrected chi connectivity index (χ1v) is 7.65. The van der Waals surface area contributed by atoms with Gasteiger partial charge < -0.3 is 10.1 Å². The number of fused-ring (bicyclic) bond motifs is 1. The Balaban J connectivity index is 1.58. The molecule has 0 saturated heterocycles. The van der Waals surface area contributed by atoms with Crippen LogP contribution in [0.25, 0.3) is 5.65 Å². The number of nitrogens with one attached hydrogen (secondary N) is 1. The van der Waals surface area contributed by atoms with Crippen LogP contribution in [-0.4, -0.2) is 24.8 Å². The summed E-state index contributed by atoms with van der Waals surface area (Å²) in [6, 6.07) is 15.7. The first-order chi connectivity index (χ1) is 12.7. The van der Waals surface area contributed by atoms with Crippen LogP contribution in [0.2, 0.25) is 0 Å². The lowest BCUT2D eigenvalue weighted by atomic mass is 10.3. The molecule has 0 amide bonds. The molecule has 1 aromatic carbocycles. The molecule has 0 radical (unpaired) electrons. The zero-order valence-electron chi connectivity index (χ0n) is 13.3. The van der Waals surface area contributed by atoms with Crippen molar-refractivity contribution in [3.8, 4) is 11.6 Å². The van der Waals surface area contributed by atoms with Crippen molar-refractivity contribution in [3.05, 3.63) is 66.6 Å². The van der Waals surface area contributed by atoms with E-state index < -0.39 is 12.2 Å². The number of aromatic nitrogens is 5. The van der Waals surface area contributed by atoms with E-state index >= 15 is 0 Å². The molecule has 0 aliphatic rings. The Morgan fingerprint density at radius 2 is 1.92 bits per heavy atom. The van der Waals surface area contributed by atoms with Gasteiger partial charge in [0.25, 0.3) is 6.43 Å². The van der Waals surface area contributed by atoms with Crippen molar-refractivity contribution in [2.75, 3.05) is 5.32 Å². The molecule has 0 fully saturated rings. The molecular weight excluding hydrogens is 342 g/mol. The van der Waals surface area contributed by atoms with Gasteiger partial charge in [-0.3, -0.25) is 0 Å². The zero-order chi connectivity index (χ0) is 17.9. The fourth-order valence-corrected chi connectivity index (χ4v) is 2.32. The summed E-state index contributed by atoms with van der Waals surface area (Å²) in [5, 5.41) is 14.3. The Kier molecular flexibility index (Phi) is 4.10. The van der Waals surface area contributed by atoms with Crippen molar-refractivity contribution in [2.24, 2.45) is 0 Å². The standard InChI is InChI=1S/C17H12F2N6O/c18-16(19)17-23-22-14-8-7-13(24-25(14)17)21-11-4-3-5-12(10-11)26-15-6-1-2-9-20-15/h1-10,16H,(H,21,24). The molecule has 0 unspecified atom stereocenters. The minimum atomic E-state index is -2.76. The lowest BCUT2D eigenvalue weighted by molar-refractivity contribution is 0.137. The summed E-state index contributed by atoms with van der Waals surface area (Å²) in [5.41, 5.74) is 0.926. The first kappa shape index (κ1) is 15.9. The monoisotopic (exact) mass is 354 g/mol. The van der Waals surface area contributed by atoms with Crippen LogP contribution in [0.4, 0.5) is 20.3 Å². The minimum absolute atomic E-state index is 0.248. The SMILES string of the molecule is FC(F)c1nnc2ccc(Nc3cccc(Oc4ccccn4)c3)nn12. The molecule has 4 aromatic rings. The molecule has 130 valence electrons. The Morgan fingerprint density at radius 3 is 2.73 bits per heavy atom. The van der Waals surface area contributed by atoms with E-state index in [2.05, 4.69) is 25.6 Å². The highest BCUT2D eigenvalue weighted by molar-refractivity contribution is 5.59. The second kappa shape index (κ2) is 6.71. The van der Waals surface area contributed by atoms with Crippen molar-refractivity contribution in [3.63, 3.8) is 0 Å². The van der Waals surface area contributed by atoms with Crippen LogP contribution in [0.1, 0.15) is 12.2 Å². The molecule has 9 heteroatoms. The van der Waals surface area contributed by atoms with Gasteiger partial charge in [-0.15, -0.1) is 15.3 Å². The highest BCUT2D eigenvalue weighted by Gasteiger charge is 2.17. The molecule has 0 aliphatic heterocycles. The van der Waals surface area contributed by atoms with Gasteiger partial charge in [0, 0.05) is 24.0 Å². The molecule has 26 heavy (non-hydrogen) atoms. The van der Waals surface area contributed by atoms with Crippen LogP contribution >= 0.6 is 0 Å². The lowest BCUT2D eigenvalue weighted by Crippen LogP contribution is -2.03. The highest BCUT2D eigenvalue weighted by Crippen LogP contribution is 2.25. The normalized spacial score (nSPS) is 11.0. The third-order valence-corrected chi connectivity index (χ3v) is 3.45. The van der Waals surface area contributed by atoms with E-state index in [4.69, 9.17) is 4.74 Å². The molecule has 4 rings (SSSR count). The van der Waals surface area contributed by atoms with Crippen LogP contribution in [0.3, 0.4) is 0 Å².